The van der Waals surface area contributed by atoms with Gasteiger partial charge in [0.2, 0.25) is 0 Å². The van der Waals surface area contributed by atoms with Crippen molar-refractivity contribution in [3.8, 4) is 0 Å². The molecule has 2 atom stereocenters. The van der Waals surface area contributed by atoms with Crippen molar-refractivity contribution in [2.24, 2.45) is 0 Å². The molecule has 0 spiro atoms. The van der Waals surface area contributed by atoms with Gasteiger partial charge < -0.3 is 10.6 Å². The van der Waals surface area contributed by atoms with Gasteiger partial charge >= 0.3 is 35.6 Å². The molecule has 0 heterocycles. The van der Waals surface area contributed by atoms with Gasteiger partial charge in [-0.1, -0.05) is 80.9 Å². The molecule has 2 aromatic carbocycles. The molecule has 0 aromatic heterocycles. The summed E-state index contributed by atoms with van der Waals surface area (Å²) < 4.78 is 0. The molecule has 2 unspecified atom stereocenters. The van der Waals surface area contributed by atoms with Crippen LogP contribution in [0.3, 0.4) is 0 Å². The van der Waals surface area contributed by atoms with Crippen molar-refractivity contribution in [1.82, 2.24) is 0 Å². The van der Waals surface area contributed by atoms with Crippen molar-refractivity contribution >= 4 is 30.0 Å². The number of hydrogen-bond donors (Lipinski definition) is 0. The van der Waals surface area contributed by atoms with E-state index in [-0.39, 0.29) is 12.1 Å². The summed E-state index contributed by atoms with van der Waals surface area (Å²) in [5, 5.41) is 9.36. The van der Waals surface area contributed by atoms with E-state index in [1.54, 1.807) is 0 Å². The van der Waals surface area contributed by atoms with Gasteiger partial charge in [0.15, 0.2) is 0 Å². The van der Waals surface area contributed by atoms with Gasteiger partial charge in [-0.05, 0) is 0 Å². The predicted octanol–water partition coefficient (Wildman–Crippen LogP) is 6.94. The maximum absolute atomic E-state index is 4.89. The van der Waals surface area contributed by atoms with Gasteiger partial charge in [-0.2, -0.15) is 0 Å². The molecule has 2 nitrogen and oxygen atoms in total. The Labute approximate surface area is 150 Å². The van der Waals surface area contributed by atoms with Crippen LogP contribution in [0.4, 0.5) is 11.4 Å². The van der Waals surface area contributed by atoms with Gasteiger partial charge in [-0.25, -0.2) is 0 Å². The van der Waals surface area contributed by atoms with E-state index < -0.39 is 17.0 Å². The summed E-state index contributed by atoms with van der Waals surface area (Å²) in [6, 6.07) is 20.8. The molecule has 118 valence electrons. The first-order chi connectivity index (χ1) is 10.7. The van der Waals surface area contributed by atoms with Crippen LogP contribution >= 0.6 is 18.6 Å². The first-order valence-corrected chi connectivity index (χ1v) is 11.4. The molecule has 0 amide bonds. The number of hydrogen-bond acceptors (Lipinski definition) is 0. The van der Waals surface area contributed by atoms with Crippen LogP contribution < -0.4 is 0 Å². The van der Waals surface area contributed by atoms with Crippen molar-refractivity contribution in [2.45, 2.75) is 32.4 Å². The number of para-hydroxylation sites is 2. The van der Waals surface area contributed by atoms with Gasteiger partial charge in [0, 0.05) is 0 Å². The summed E-state index contributed by atoms with van der Waals surface area (Å²) >= 11 is -0.556. The Morgan fingerprint density at radius 3 is 1.41 bits per heavy atom. The van der Waals surface area contributed by atoms with E-state index in [0.717, 1.165) is 17.8 Å². The van der Waals surface area contributed by atoms with E-state index in [1.165, 1.54) is 0 Å². The Balaban J connectivity index is 0.000000745. The van der Waals surface area contributed by atoms with Crippen LogP contribution in [0.2, 0.25) is 0 Å². The fraction of sp³-hybridized carbons (Fsp3) is 0.294. The monoisotopic (exact) mass is 370 g/mol. The third kappa shape index (κ3) is 8.70. The summed E-state index contributed by atoms with van der Waals surface area (Å²) in [5.74, 6) is 0. The standard InChI is InChI=1S/C17H20N2.2ClH.Ti/c1-14(18-16-9-5-3-6-10-16)13-15(2)19-17-11-7-4-8-12-17;;;/h3-12,14-15H,13H2,1-2H3;2*1H;/q-2;;;+2/p-2. The maximum atomic E-state index is 4.89. The van der Waals surface area contributed by atoms with Crippen LogP contribution in [0.25, 0.3) is 10.6 Å². The molecular formula is C17H20Cl2N2Ti-2. The van der Waals surface area contributed by atoms with Crippen LogP contribution in [0, 0.1) is 0 Å². The second kappa shape index (κ2) is 11.8. The van der Waals surface area contributed by atoms with E-state index in [1.807, 2.05) is 60.7 Å². The minimum absolute atomic E-state index is 0.282. The molecule has 0 radical (unpaired) electrons. The first-order valence-electron chi connectivity index (χ1n) is 7.13. The fourth-order valence-electron chi connectivity index (χ4n) is 2.14. The van der Waals surface area contributed by atoms with Crippen molar-refractivity contribution in [2.75, 3.05) is 0 Å². The molecule has 5 heteroatoms. The zero-order valence-electron chi connectivity index (χ0n) is 12.8. The third-order valence-corrected chi connectivity index (χ3v) is 2.93. The van der Waals surface area contributed by atoms with Crippen LogP contribution in [-0.4, -0.2) is 12.1 Å². The van der Waals surface area contributed by atoms with Crippen LogP contribution in [-0.2, 0) is 17.0 Å². The fourth-order valence-corrected chi connectivity index (χ4v) is 2.14. The third-order valence-electron chi connectivity index (χ3n) is 2.93. The van der Waals surface area contributed by atoms with Crippen molar-refractivity contribution in [3.63, 3.8) is 0 Å². The minimum atomic E-state index is -0.556. The van der Waals surface area contributed by atoms with Crippen molar-refractivity contribution < 1.29 is 17.0 Å². The summed E-state index contributed by atoms with van der Waals surface area (Å²) in [6.07, 6.45) is 0.962. The Hall–Kier alpha value is -0.666. The van der Waals surface area contributed by atoms with Crippen molar-refractivity contribution in [1.29, 1.82) is 0 Å². The van der Waals surface area contributed by atoms with Gasteiger partial charge in [0.1, 0.15) is 0 Å². The Morgan fingerprint density at radius 2 is 1.09 bits per heavy atom. The topological polar surface area (TPSA) is 28.2 Å². The molecule has 0 N–H and O–H groups in total. The average Bonchev–Trinajstić information content (AvgIpc) is 2.49. The Bertz CT molecular complexity index is 451. The molecule has 0 fully saturated rings. The normalized spacial score (nSPS) is 12.4. The predicted molar refractivity (Wildman–Crippen MR) is 94.2 cm³/mol. The Kier molecular flexibility index (Phi) is 10.4. The molecule has 2 aromatic rings. The number of nitrogens with zero attached hydrogens (tertiary/aromatic N) is 2. The summed E-state index contributed by atoms with van der Waals surface area (Å²) in [6.45, 7) is 4.29. The second-order valence-electron chi connectivity index (χ2n) is 4.93. The van der Waals surface area contributed by atoms with E-state index in [0.29, 0.717) is 0 Å². The zero-order chi connectivity index (χ0) is 16.2. The second-order valence-corrected chi connectivity index (χ2v) is 7.51. The van der Waals surface area contributed by atoms with Crippen LogP contribution in [0.5, 0.6) is 0 Å². The van der Waals surface area contributed by atoms with Crippen LogP contribution in [0.1, 0.15) is 20.3 Å². The first kappa shape index (κ1) is 19.4. The molecule has 0 aliphatic heterocycles. The molecule has 0 saturated carbocycles. The molecule has 0 aliphatic carbocycles. The molecule has 22 heavy (non-hydrogen) atoms. The van der Waals surface area contributed by atoms with Gasteiger partial charge in [0.05, 0.1) is 0 Å². The number of rotatable bonds is 6. The summed E-state index contributed by atoms with van der Waals surface area (Å²) in [5.41, 5.74) is 2.09. The summed E-state index contributed by atoms with van der Waals surface area (Å²) in [4.78, 5) is 0. The molecular weight excluding hydrogens is 351 g/mol. The van der Waals surface area contributed by atoms with Gasteiger partial charge in [0.25, 0.3) is 0 Å². The molecule has 0 bridgehead atoms. The quantitative estimate of drug-likeness (QED) is 0.492. The summed E-state index contributed by atoms with van der Waals surface area (Å²) in [7, 11) is 9.78. The van der Waals surface area contributed by atoms with E-state index >= 15 is 0 Å². The van der Waals surface area contributed by atoms with Crippen LogP contribution in [0.15, 0.2) is 60.7 Å². The van der Waals surface area contributed by atoms with Gasteiger partial charge in [-0.15, -0.1) is 23.5 Å². The SMILES string of the molecule is CC(CC(C)[N-]c1ccccc1)[N-]c1ccccc1.[Cl][Ti][Cl]. The van der Waals surface area contributed by atoms with E-state index in [9.17, 15) is 0 Å². The van der Waals surface area contributed by atoms with Gasteiger partial charge in [-0.3, -0.25) is 0 Å². The van der Waals surface area contributed by atoms with E-state index in [2.05, 4.69) is 24.5 Å². The molecule has 0 aliphatic rings. The van der Waals surface area contributed by atoms with E-state index in [4.69, 9.17) is 18.6 Å². The Morgan fingerprint density at radius 1 is 0.773 bits per heavy atom. The number of halogens is 2. The number of benzene rings is 2. The molecule has 2 rings (SSSR count). The average molecular weight is 371 g/mol. The molecule has 0 saturated heterocycles. The zero-order valence-corrected chi connectivity index (χ0v) is 15.9. The van der Waals surface area contributed by atoms with Crippen molar-refractivity contribution in [3.05, 3.63) is 71.3 Å².